The average molecular weight is 1040 g/mol. The lowest BCUT2D eigenvalue weighted by Gasteiger charge is -2.35. The number of aliphatic hydroxyl groups is 2. The van der Waals surface area contributed by atoms with Gasteiger partial charge in [-0.2, -0.15) is 18.4 Å². The van der Waals surface area contributed by atoms with Crippen LogP contribution in [-0.4, -0.2) is 118 Å². The Balaban J connectivity index is 0.865. The number of hydrogen-bond donors (Lipinski definition) is 4. The van der Waals surface area contributed by atoms with Crippen molar-refractivity contribution in [1.82, 2.24) is 20.5 Å². The van der Waals surface area contributed by atoms with Gasteiger partial charge in [0.05, 0.1) is 57.8 Å². The molecular weight excluding hydrogens is 976 g/mol. The van der Waals surface area contributed by atoms with E-state index in [-0.39, 0.29) is 56.7 Å². The minimum Gasteiger partial charge on any atom is -0.493 e. The maximum atomic E-state index is 13.9. The van der Waals surface area contributed by atoms with Crippen LogP contribution < -0.4 is 25.2 Å². The third-order valence-corrected chi connectivity index (χ3v) is 13.6. The summed E-state index contributed by atoms with van der Waals surface area (Å²) in [5.74, 6) is -1.46. The number of alkyl halides is 3. The van der Waals surface area contributed by atoms with Gasteiger partial charge in [-0.1, -0.05) is 45.0 Å². The number of rotatable bonds is 21. The highest BCUT2D eigenvalue weighted by atomic mass is 32.1. The number of nitriles is 1. The smallest absolute Gasteiger partial charge is 0.417 e. The fourth-order valence-corrected chi connectivity index (χ4v) is 9.67. The molecule has 4 amide bonds. The molecule has 2 aliphatic heterocycles. The number of β-amino-alcohol motifs (C(OH)–C–C–N with tert-alkyl or cyclic N) is 1. The van der Waals surface area contributed by atoms with Crippen LogP contribution in [0.3, 0.4) is 0 Å². The fourth-order valence-electron chi connectivity index (χ4n) is 8.34. The topological polar surface area (TPSA) is 207 Å². The van der Waals surface area contributed by atoms with Crippen LogP contribution in [0.4, 0.5) is 24.5 Å². The lowest BCUT2D eigenvalue weighted by atomic mass is 9.85. The molecule has 2 saturated heterocycles. The lowest BCUT2D eigenvalue weighted by molar-refractivity contribution is -0.144. The van der Waals surface area contributed by atoms with Crippen molar-refractivity contribution in [2.75, 3.05) is 49.4 Å². The van der Waals surface area contributed by atoms with Crippen LogP contribution in [-0.2, 0) is 41.4 Å². The number of thiazole rings is 1. The van der Waals surface area contributed by atoms with Crippen LogP contribution in [0.2, 0.25) is 0 Å². The number of nitrogens with zero attached hydrogens (tertiary/aromatic N) is 5. The molecule has 3 heterocycles. The normalized spacial score (nSPS) is 17.7. The monoisotopic (exact) mass is 1040 g/mol. The molecular formula is C51H60F3N7O9S2. The quantitative estimate of drug-likeness (QED) is 0.0509. The number of amides is 4. The number of halogens is 3. The number of benzene rings is 3. The Morgan fingerprint density at radius 1 is 0.986 bits per heavy atom. The van der Waals surface area contributed by atoms with E-state index in [0.29, 0.717) is 37.3 Å². The molecule has 2 aliphatic rings. The molecule has 0 spiro atoms. The van der Waals surface area contributed by atoms with Crippen LogP contribution in [0.1, 0.15) is 82.7 Å². The number of carbonyl (C=O) groups is 4. The van der Waals surface area contributed by atoms with Crippen LogP contribution in [0.5, 0.6) is 5.75 Å². The zero-order valence-electron chi connectivity index (χ0n) is 41.0. The summed E-state index contributed by atoms with van der Waals surface area (Å²) < 4.78 is 58.2. The van der Waals surface area contributed by atoms with E-state index in [4.69, 9.17) is 26.4 Å². The second kappa shape index (κ2) is 23.7. The van der Waals surface area contributed by atoms with Gasteiger partial charge in [-0.15, -0.1) is 11.3 Å². The van der Waals surface area contributed by atoms with Gasteiger partial charge in [0.1, 0.15) is 30.0 Å². The molecule has 0 saturated carbocycles. The predicted molar refractivity (Wildman–Crippen MR) is 268 cm³/mol. The maximum Gasteiger partial charge on any atom is 0.417 e. The van der Waals surface area contributed by atoms with E-state index in [2.05, 4.69) is 15.6 Å². The first-order chi connectivity index (χ1) is 34.0. The summed E-state index contributed by atoms with van der Waals surface area (Å²) in [5.41, 5.74) is 1.30. The Hall–Kier alpha value is -6.02. The zero-order chi connectivity index (χ0) is 52.5. The van der Waals surface area contributed by atoms with Gasteiger partial charge in [-0.25, -0.2) is 4.98 Å². The molecule has 386 valence electrons. The minimum absolute atomic E-state index is 0.0335. The highest BCUT2D eigenvalue weighted by molar-refractivity contribution is 7.81. The highest BCUT2D eigenvalue weighted by Gasteiger charge is 2.51. The van der Waals surface area contributed by atoms with E-state index in [0.717, 1.165) is 38.7 Å². The van der Waals surface area contributed by atoms with E-state index >= 15 is 0 Å². The van der Waals surface area contributed by atoms with Gasteiger partial charge in [-0.3, -0.25) is 24.1 Å². The van der Waals surface area contributed by atoms with Gasteiger partial charge in [0.2, 0.25) is 17.7 Å². The van der Waals surface area contributed by atoms with E-state index < -0.39 is 76.2 Å². The Labute approximate surface area is 426 Å². The summed E-state index contributed by atoms with van der Waals surface area (Å²) in [6.07, 6.45) is -5.28. The van der Waals surface area contributed by atoms with Gasteiger partial charge in [0.25, 0.3) is 5.91 Å². The molecule has 4 aromatic rings. The Kier molecular flexibility index (Phi) is 18.2. The first-order valence-corrected chi connectivity index (χ1v) is 24.7. The molecule has 6 rings (SSSR count). The number of aryl methyl sites for hydroxylation is 1. The largest absolute Gasteiger partial charge is 0.493 e. The number of aliphatic hydroxyl groups excluding tert-OH is 2. The number of aromatic nitrogens is 1. The molecule has 2 fully saturated rings. The first-order valence-electron chi connectivity index (χ1n) is 23.4. The molecule has 72 heavy (non-hydrogen) atoms. The molecule has 21 heteroatoms. The molecule has 1 aromatic heterocycles. The summed E-state index contributed by atoms with van der Waals surface area (Å²) in [4.78, 5) is 63.2. The first kappa shape index (κ1) is 55.3. The molecule has 3 aromatic carbocycles. The zero-order valence-corrected chi connectivity index (χ0v) is 42.6. The van der Waals surface area contributed by atoms with Gasteiger partial charge in [-0.05, 0) is 105 Å². The van der Waals surface area contributed by atoms with Gasteiger partial charge < -0.3 is 44.9 Å². The molecule has 4 N–H and O–H groups in total. The number of likely N-dealkylation sites (tertiary alicyclic amines) is 1. The number of ether oxygens (including phenoxy) is 3. The molecule has 1 unspecified atom stereocenters. The third-order valence-electron chi connectivity index (χ3n) is 12.3. The molecule has 0 bridgehead atoms. The summed E-state index contributed by atoms with van der Waals surface area (Å²) in [5, 5.41) is 35.9. The van der Waals surface area contributed by atoms with Crippen molar-refractivity contribution in [3.05, 3.63) is 94.6 Å². The van der Waals surface area contributed by atoms with Crippen molar-refractivity contribution in [2.24, 2.45) is 5.41 Å². The molecule has 0 radical (unpaired) electrons. The molecule has 0 aliphatic carbocycles. The number of nitrogens with one attached hydrogen (secondary N) is 2. The van der Waals surface area contributed by atoms with Gasteiger partial charge >= 0.3 is 6.18 Å². The van der Waals surface area contributed by atoms with Crippen LogP contribution in [0.25, 0.3) is 10.4 Å². The van der Waals surface area contributed by atoms with Crippen LogP contribution in [0.15, 0.2) is 72.2 Å². The SMILES string of the molecule is Cc1ncsc1-c1ccc(CNC(=O)[C@@H]2C[C@@H](O)CN2C(=O)[C@@H](NC(=O)COCCCOCCC(O)CCOc2ccc(N3C(=S)N(c4ccc(C#N)c(C(F)(F)F)c4)C(=O)C3(C)C)cc2)C(C)(C)C)cc1. The average Bonchev–Trinajstić information content (AvgIpc) is 3.99. The summed E-state index contributed by atoms with van der Waals surface area (Å²) >= 11 is 7.16. The number of carbonyl (C=O) groups excluding carboxylic acids is 4. The number of thiocarbonyl (C=S) groups is 1. The Morgan fingerprint density at radius 3 is 2.29 bits per heavy atom. The van der Waals surface area contributed by atoms with Crippen molar-refractivity contribution in [3.63, 3.8) is 0 Å². The van der Waals surface area contributed by atoms with Crippen LogP contribution >= 0.6 is 23.6 Å². The number of hydrogen-bond acceptors (Lipinski definition) is 13. The van der Waals surface area contributed by atoms with E-state index in [1.807, 2.05) is 31.2 Å². The summed E-state index contributed by atoms with van der Waals surface area (Å²) in [6, 6.07) is 17.1. The Morgan fingerprint density at radius 2 is 1.65 bits per heavy atom. The van der Waals surface area contributed by atoms with Gasteiger partial charge in [0, 0.05) is 51.4 Å². The van der Waals surface area contributed by atoms with E-state index in [1.54, 1.807) is 75.7 Å². The minimum atomic E-state index is -4.82. The Bertz CT molecular complexity index is 2620. The van der Waals surface area contributed by atoms with E-state index in [1.165, 1.54) is 21.9 Å². The maximum absolute atomic E-state index is 13.9. The summed E-state index contributed by atoms with van der Waals surface area (Å²) in [6.45, 7) is 11.4. The van der Waals surface area contributed by atoms with Crippen molar-refractivity contribution in [2.45, 2.75) is 110 Å². The standard InChI is InChI=1S/C51H60F3N7O9S2/c1-31-43(72-30-57-31)33-10-8-32(9-11-33)27-56-45(65)41-25-38(63)28-59(41)46(66)44(49(2,3)4)58-42(64)29-69-21-7-20-68-22-18-37(62)19-23-70-39-16-14-35(15-17-39)61-48(71)60(47(67)50(61,5)6)36-13-12-34(26-55)40(24-36)51(52,53)54/h8-17,24,30,37-38,41,44,62-63H,7,18-23,25,27-29H2,1-6H3,(H,56,65)(H,58,64)/t37?,38-,41+,44-/m1/s1. The number of anilines is 2. The third kappa shape index (κ3) is 13.5. The van der Waals surface area contributed by atoms with Crippen LogP contribution in [0, 0.1) is 23.7 Å². The summed E-state index contributed by atoms with van der Waals surface area (Å²) in [7, 11) is 0. The van der Waals surface area contributed by atoms with Crippen molar-refractivity contribution in [1.29, 1.82) is 5.26 Å². The second-order valence-corrected chi connectivity index (χ2v) is 20.4. The van der Waals surface area contributed by atoms with E-state index in [9.17, 15) is 47.8 Å². The molecule has 16 nitrogen and oxygen atoms in total. The van der Waals surface area contributed by atoms with Crippen molar-refractivity contribution < 1.29 is 56.8 Å². The van der Waals surface area contributed by atoms with Crippen molar-refractivity contribution in [3.8, 4) is 22.3 Å². The fraction of sp³-hybridized carbons (Fsp3) is 0.471. The highest BCUT2D eigenvalue weighted by Crippen LogP contribution is 2.40. The lowest BCUT2D eigenvalue weighted by Crippen LogP contribution is -2.58. The second-order valence-electron chi connectivity index (χ2n) is 19.2. The van der Waals surface area contributed by atoms with Crippen molar-refractivity contribution >= 4 is 63.7 Å². The molecule has 4 atom stereocenters. The predicted octanol–water partition coefficient (Wildman–Crippen LogP) is 6.68. The van der Waals surface area contributed by atoms with Gasteiger partial charge in [0.15, 0.2) is 5.11 Å².